The molecule has 2 heterocycles. The summed E-state index contributed by atoms with van der Waals surface area (Å²) >= 11 is 0. The molecule has 8 heteroatoms. The molecule has 0 atom stereocenters. The van der Waals surface area contributed by atoms with Crippen LogP contribution in [0.25, 0.3) is 0 Å². The highest BCUT2D eigenvalue weighted by molar-refractivity contribution is 6.21. The fourth-order valence-electron chi connectivity index (χ4n) is 3.66. The molecule has 1 saturated heterocycles. The van der Waals surface area contributed by atoms with Gasteiger partial charge in [0.15, 0.2) is 6.54 Å². The zero-order chi connectivity index (χ0) is 20.3. The second kappa shape index (κ2) is 8.52. The average Bonchev–Trinajstić information content (AvgIpc) is 2.90. The normalized spacial score (nSPS) is 17.2. The number of carbonyl (C=O) groups is 4. The Hall–Kier alpha value is -2.74. The van der Waals surface area contributed by atoms with E-state index < -0.39 is 0 Å². The van der Waals surface area contributed by atoms with Crippen molar-refractivity contribution >= 4 is 23.6 Å². The van der Waals surface area contributed by atoms with E-state index in [0.717, 1.165) is 9.80 Å². The van der Waals surface area contributed by atoms with Gasteiger partial charge in [0.1, 0.15) is 0 Å². The maximum atomic E-state index is 12.5. The number of benzene rings is 1. The molecule has 0 aromatic heterocycles. The Balaban J connectivity index is 1.45. The summed E-state index contributed by atoms with van der Waals surface area (Å²) in [4.78, 5) is 53.1. The Morgan fingerprint density at radius 2 is 1.64 bits per heavy atom. The molecule has 0 unspecified atom stereocenters. The number of amides is 4. The van der Waals surface area contributed by atoms with Crippen LogP contribution >= 0.6 is 0 Å². The first kappa shape index (κ1) is 20.0. The predicted molar refractivity (Wildman–Crippen MR) is 102 cm³/mol. The third-order valence-electron chi connectivity index (χ3n) is 5.11. The van der Waals surface area contributed by atoms with Crippen LogP contribution in [0.4, 0.5) is 0 Å². The van der Waals surface area contributed by atoms with Gasteiger partial charge in [-0.25, -0.2) is 0 Å². The second-order valence-electron chi connectivity index (χ2n) is 7.59. The number of carbonyl (C=O) groups excluding carboxylic acids is 4. The van der Waals surface area contributed by atoms with E-state index in [0.29, 0.717) is 43.9 Å². The van der Waals surface area contributed by atoms with Gasteiger partial charge in [-0.3, -0.25) is 24.1 Å². The van der Waals surface area contributed by atoms with Crippen LogP contribution in [-0.4, -0.2) is 78.7 Å². The third-order valence-corrected chi connectivity index (χ3v) is 5.11. The molecule has 2 aliphatic heterocycles. The molecule has 3 rings (SSSR count). The lowest BCUT2D eigenvalue weighted by Gasteiger charge is -2.32. The van der Waals surface area contributed by atoms with Crippen molar-refractivity contribution in [2.24, 2.45) is 0 Å². The molecule has 4 amide bonds. The third kappa shape index (κ3) is 4.39. The van der Waals surface area contributed by atoms with E-state index in [1.54, 1.807) is 29.2 Å². The highest BCUT2D eigenvalue weighted by Gasteiger charge is 2.35. The lowest BCUT2D eigenvalue weighted by atomic mass is 10.1. The van der Waals surface area contributed by atoms with Crippen LogP contribution in [0, 0.1) is 0 Å². The van der Waals surface area contributed by atoms with Gasteiger partial charge in [0.25, 0.3) is 17.7 Å². The van der Waals surface area contributed by atoms with Crippen molar-refractivity contribution in [3.8, 4) is 0 Å². The van der Waals surface area contributed by atoms with Gasteiger partial charge in [-0.2, -0.15) is 0 Å². The highest BCUT2D eigenvalue weighted by atomic mass is 16.2. The van der Waals surface area contributed by atoms with Gasteiger partial charge in [-0.1, -0.05) is 12.1 Å². The molecule has 0 spiro atoms. The summed E-state index contributed by atoms with van der Waals surface area (Å²) in [6.07, 6.45) is 0.120. The van der Waals surface area contributed by atoms with Crippen molar-refractivity contribution in [1.29, 1.82) is 0 Å². The Morgan fingerprint density at radius 1 is 1.07 bits per heavy atom. The Kier molecular flexibility index (Phi) is 6.08. The smallest absolute Gasteiger partial charge is 0.275 e. The minimum absolute atomic E-state index is 0.0235. The Morgan fingerprint density at radius 3 is 2.18 bits per heavy atom. The van der Waals surface area contributed by atoms with Gasteiger partial charge < -0.3 is 15.1 Å². The molecule has 2 N–H and O–H groups in total. The first-order chi connectivity index (χ1) is 13.4. The molecule has 1 fully saturated rings. The first-order valence-electron chi connectivity index (χ1n) is 9.72. The van der Waals surface area contributed by atoms with Crippen LogP contribution in [0.1, 0.15) is 41.0 Å². The number of piperazine rings is 1. The second-order valence-corrected chi connectivity index (χ2v) is 7.59. The molecule has 28 heavy (non-hydrogen) atoms. The fourth-order valence-corrected chi connectivity index (χ4v) is 3.66. The van der Waals surface area contributed by atoms with E-state index in [2.05, 4.69) is 5.32 Å². The van der Waals surface area contributed by atoms with Crippen LogP contribution in [0.15, 0.2) is 24.3 Å². The molecule has 0 saturated carbocycles. The standard InChI is InChI=1S/C20H26N4O4/c1-14(2)21-17(25)13-22-9-11-23(12-10-22)18(26)7-8-24-19(27)15-5-3-4-6-16(15)20(24)28/h3-6,14H,7-13H2,1-2H3,(H,21,25)/p+1. The summed E-state index contributed by atoms with van der Waals surface area (Å²) < 4.78 is 0. The number of imide groups is 1. The number of fused-ring (bicyclic) bond motifs is 1. The van der Waals surface area contributed by atoms with Crippen molar-refractivity contribution in [2.75, 3.05) is 39.3 Å². The van der Waals surface area contributed by atoms with Gasteiger partial charge in [-0.15, -0.1) is 0 Å². The van der Waals surface area contributed by atoms with E-state index in [4.69, 9.17) is 0 Å². The molecule has 0 aliphatic carbocycles. The SMILES string of the molecule is CC(C)NC(=O)C[NH+]1CCN(C(=O)CCN2C(=O)c3ccccc3C2=O)CC1. The van der Waals surface area contributed by atoms with E-state index >= 15 is 0 Å². The summed E-state index contributed by atoms with van der Waals surface area (Å²) in [7, 11) is 0. The molecular weight excluding hydrogens is 360 g/mol. The lowest BCUT2D eigenvalue weighted by molar-refractivity contribution is -0.896. The maximum absolute atomic E-state index is 12.5. The van der Waals surface area contributed by atoms with Crippen molar-refractivity contribution < 1.29 is 24.1 Å². The van der Waals surface area contributed by atoms with Gasteiger partial charge >= 0.3 is 0 Å². The van der Waals surface area contributed by atoms with Gasteiger partial charge in [0.05, 0.1) is 37.3 Å². The minimum Gasteiger partial charge on any atom is -0.349 e. The number of nitrogens with zero attached hydrogens (tertiary/aromatic N) is 2. The minimum atomic E-state index is -0.334. The van der Waals surface area contributed by atoms with E-state index in [1.807, 2.05) is 13.8 Å². The summed E-state index contributed by atoms with van der Waals surface area (Å²) in [6.45, 7) is 6.94. The van der Waals surface area contributed by atoms with E-state index in [-0.39, 0.29) is 42.6 Å². The van der Waals surface area contributed by atoms with Crippen LogP contribution in [0.2, 0.25) is 0 Å². The van der Waals surface area contributed by atoms with Crippen LogP contribution < -0.4 is 10.2 Å². The van der Waals surface area contributed by atoms with Gasteiger partial charge in [0.2, 0.25) is 5.91 Å². The average molecular weight is 387 g/mol. The lowest BCUT2D eigenvalue weighted by Crippen LogP contribution is -3.15. The van der Waals surface area contributed by atoms with Crippen molar-refractivity contribution in [2.45, 2.75) is 26.3 Å². The molecule has 1 aromatic rings. The van der Waals surface area contributed by atoms with Crippen LogP contribution in [0.5, 0.6) is 0 Å². The quantitative estimate of drug-likeness (QED) is 0.608. The number of hydrogen-bond donors (Lipinski definition) is 2. The number of nitrogens with one attached hydrogen (secondary N) is 2. The summed E-state index contributed by atoms with van der Waals surface area (Å²) in [5.41, 5.74) is 0.800. The van der Waals surface area contributed by atoms with Crippen LogP contribution in [0.3, 0.4) is 0 Å². The zero-order valence-electron chi connectivity index (χ0n) is 16.4. The van der Waals surface area contributed by atoms with E-state index in [1.165, 1.54) is 0 Å². The zero-order valence-corrected chi connectivity index (χ0v) is 16.4. The van der Waals surface area contributed by atoms with Crippen molar-refractivity contribution in [3.05, 3.63) is 35.4 Å². The largest absolute Gasteiger partial charge is 0.349 e. The van der Waals surface area contributed by atoms with Crippen molar-refractivity contribution in [1.82, 2.24) is 15.1 Å². The monoisotopic (exact) mass is 387 g/mol. The number of hydrogen-bond acceptors (Lipinski definition) is 4. The number of quaternary nitrogens is 1. The molecule has 1 aromatic carbocycles. The van der Waals surface area contributed by atoms with Crippen LogP contribution in [-0.2, 0) is 9.59 Å². The van der Waals surface area contributed by atoms with Gasteiger partial charge in [-0.05, 0) is 26.0 Å². The Labute approximate surface area is 164 Å². The molecule has 0 radical (unpaired) electrons. The molecule has 0 bridgehead atoms. The molecule has 8 nitrogen and oxygen atoms in total. The first-order valence-corrected chi connectivity index (χ1v) is 9.72. The fraction of sp³-hybridized carbons (Fsp3) is 0.500. The summed E-state index contributed by atoms with van der Waals surface area (Å²) in [5.74, 6) is -0.713. The van der Waals surface area contributed by atoms with E-state index in [9.17, 15) is 19.2 Å². The topological polar surface area (TPSA) is 91.2 Å². The van der Waals surface area contributed by atoms with Crippen molar-refractivity contribution in [3.63, 3.8) is 0 Å². The summed E-state index contributed by atoms with van der Waals surface area (Å²) in [6, 6.07) is 6.84. The predicted octanol–water partition coefficient (Wildman–Crippen LogP) is -1.08. The molecule has 2 aliphatic rings. The number of rotatable bonds is 6. The summed E-state index contributed by atoms with van der Waals surface area (Å²) in [5, 5.41) is 2.88. The molecule has 150 valence electrons. The van der Waals surface area contributed by atoms with Gasteiger partial charge in [0, 0.05) is 19.0 Å². The Bertz CT molecular complexity index is 749. The maximum Gasteiger partial charge on any atom is 0.275 e. The highest BCUT2D eigenvalue weighted by Crippen LogP contribution is 2.22. The molecular formula is C20H27N4O4+.